The summed E-state index contributed by atoms with van der Waals surface area (Å²) in [7, 11) is 3.27. The van der Waals surface area contributed by atoms with Crippen LogP contribution in [0.4, 0.5) is 4.79 Å². The number of hydrogen-bond acceptors (Lipinski definition) is 7. The molecule has 4 rings (SSSR count). The second kappa shape index (κ2) is 7.40. The molecule has 28 heavy (non-hydrogen) atoms. The summed E-state index contributed by atoms with van der Waals surface area (Å²) < 4.78 is 21.3. The number of hydrogen-bond donors (Lipinski definition) is 2. The zero-order valence-electron chi connectivity index (χ0n) is 16.2. The highest BCUT2D eigenvalue weighted by Crippen LogP contribution is 2.36. The van der Waals surface area contributed by atoms with Crippen LogP contribution in [0.5, 0.6) is 5.75 Å². The first-order valence-electron chi connectivity index (χ1n) is 9.20. The van der Waals surface area contributed by atoms with Crippen molar-refractivity contribution in [2.75, 3.05) is 20.8 Å². The van der Waals surface area contributed by atoms with Gasteiger partial charge in [0.05, 0.1) is 11.6 Å². The topological polar surface area (TPSA) is 108 Å². The summed E-state index contributed by atoms with van der Waals surface area (Å²) in [5.74, 6) is 1.59. The van der Waals surface area contributed by atoms with Crippen LogP contribution in [0.3, 0.4) is 0 Å². The maximum absolute atomic E-state index is 12.3. The summed E-state index contributed by atoms with van der Waals surface area (Å²) in [5.41, 5.74) is 1.58. The van der Waals surface area contributed by atoms with Crippen LogP contribution in [0.15, 0.2) is 22.7 Å². The van der Waals surface area contributed by atoms with Gasteiger partial charge in [-0.3, -0.25) is 0 Å². The van der Waals surface area contributed by atoms with Gasteiger partial charge in [-0.05, 0) is 25.8 Å². The van der Waals surface area contributed by atoms with Gasteiger partial charge in [0, 0.05) is 31.4 Å². The molecular weight excluding hydrogens is 364 g/mol. The Morgan fingerprint density at radius 1 is 1.32 bits per heavy atom. The molecule has 1 aromatic carbocycles. The van der Waals surface area contributed by atoms with Crippen LogP contribution in [0.25, 0.3) is 11.4 Å². The Balaban J connectivity index is 1.37. The van der Waals surface area contributed by atoms with Gasteiger partial charge >= 0.3 is 6.03 Å². The van der Waals surface area contributed by atoms with Gasteiger partial charge in [0.15, 0.2) is 0 Å². The average molecular weight is 388 g/mol. The molecule has 1 aromatic heterocycles. The number of benzene rings is 1. The van der Waals surface area contributed by atoms with Gasteiger partial charge in [-0.25, -0.2) is 4.79 Å². The standard InChI is InChI=1S/C19H24N4O5/c1-19(26-3)7-12(8-19)20-18(24)21-14-9-27-15-6-11(4-5-13(14)15)17-22-16(10-25-2)28-23-17/h4-6,12,14H,7-10H2,1-3H3,(H2,20,21,24)/t12?,14-,19?/m1/s1. The predicted molar refractivity (Wildman–Crippen MR) is 98.8 cm³/mol. The minimum Gasteiger partial charge on any atom is -0.491 e. The first kappa shape index (κ1) is 18.7. The van der Waals surface area contributed by atoms with Crippen LogP contribution >= 0.6 is 0 Å². The van der Waals surface area contributed by atoms with Crippen molar-refractivity contribution in [1.82, 2.24) is 20.8 Å². The van der Waals surface area contributed by atoms with E-state index in [0.717, 1.165) is 24.0 Å². The number of fused-ring (bicyclic) bond motifs is 1. The van der Waals surface area contributed by atoms with Crippen LogP contribution < -0.4 is 15.4 Å². The zero-order valence-corrected chi connectivity index (χ0v) is 16.2. The Bertz CT molecular complexity index is 862. The monoisotopic (exact) mass is 388 g/mol. The van der Waals surface area contributed by atoms with E-state index in [-0.39, 0.29) is 30.3 Å². The highest BCUT2D eigenvalue weighted by Gasteiger charge is 2.41. The molecule has 1 aliphatic heterocycles. The molecule has 1 atom stereocenters. The van der Waals surface area contributed by atoms with Crippen molar-refractivity contribution in [1.29, 1.82) is 0 Å². The fraction of sp³-hybridized carbons (Fsp3) is 0.526. The van der Waals surface area contributed by atoms with Crippen molar-refractivity contribution in [2.24, 2.45) is 0 Å². The third-order valence-electron chi connectivity index (χ3n) is 5.28. The molecular formula is C19H24N4O5. The van der Waals surface area contributed by atoms with Crippen molar-refractivity contribution in [3.63, 3.8) is 0 Å². The van der Waals surface area contributed by atoms with Gasteiger partial charge in [-0.15, -0.1) is 0 Å². The highest BCUT2D eigenvalue weighted by molar-refractivity contribution is 5.75. The van der Waals surface area contributed by atoms with E-state index in [9.17, 15) is 4.79 Å². The summed E-state index contributed by atoms with van der Waals surface area (Å²) in [5, 5.41) is 9.92. The lowest BCUT2D eigenvalue weighted by Gasteiger charge is -2.44. The Labute approximate surface area is 162 Å². The summed E-state index contributed by atoms with van der Waals surface area (Å²) in [6, 6.07) is 5.39. The molecule has 2 heterocycles. The molecule has 9 nitrogen and oxygen atoms in total. The van der Waals surface area contributed by atoms with Crippen LogP contribution in [-0.4, -0.2) is 48.6 Å². The molecule has 2 aromatic rings. The van der Waals surface area contributed by atoms with Crippen LogP contribution in [-0.2, 0) is 16.1 Å². The van der Waals surface area contributed by atoms with Crippen molar-refractivity contribution in [3.05, 3.63) is 29.7 Å². The summed E-state index contributed by atoms with van der Waals surface area (Å²) in [6.07, 6.45) is 1.63. The van der Waals surface area contributed by atoms with Crippen molar-refractivity contribution < 1.29 is 23.5 Å². The van der Waals surface area contributed by atoms with E-state index in [2.05, 4.69) is 20.8 Å². The van der Waals surface area contributed by atoms with Gasteiger partial charge < -0.3 is 29.4 Å². The van der Waals surface area contributed by atoms with Crippen molar-refractivity contribution in [2.45, 2.75) is 44.1 Å². The minimum absolute atomic E-state index is 0.129. The second-order valence-corrected chi connectivity index (χ2v) is 7.44. The third kappa shape index (κ3) is 3.67. The van der Waals surface area contributed by atoms with Crippen LogP contribution in [0.2, 0.25) is 0 Å². The van der Waals surface area contributed by atoms with E-state index >= 15 is 0 Å². The predicted octanol–water partition coefficient (Wildman–Crippen LogP) is 2.18. The van der Waals surface area contributed by atoms with Crippen LogP contribution in [0.1, 0.15) is 37.3 Å². The maximum Gasteiger partial charge on any atom is 0.315 e. The fourth-order valence-electron chi connectivity index (χ4n) is 3.66. The first-order chi connectivity index (χ1) is 13.5. The molecule has 1 fully saturated rings. The summed E-state index contributed by atoms with van der Waals surface area (Å²) >= 11 is 0. The number of nitrogens with one attached hydrogen (secondary N) is 2. The molecule has 0 spiro atoms. The molecule has 0 unspecified atom stereocenters. The van der Waals surface area contributed by atoms with Gasteiger partial charge in [0.1, 0.15) is 19.0 Å². The lowest BCUT2D eigenvalue weighted by atomic mass is 9.77. The van der Waals surface area contributed by atoms with E-state index in [1.165, 1.54) is 0 Å². The van der Waals surface area contributed by atoms with Crippen molar-refractivity contribution in [3.8, 4) is 17.1 Å². The molecule has 1 saturated carbocycles. The van der Waals surface area contributed by atoms with E-state index in [0.29, 0.717) is 24.1 Å². The molecule has 0 saturated heterocycles. The van der Waals surface area contributed by atoms with Gasteiger partial charge in [-0.2, -0.15) is 4.98 Å². The number of amides is 2. The highest BCUT2D eigenvalue weighted by atomic mass is 16.5. The number of rotatable bonds is 6. The molecule has 2 amide bonds. The third-order valence-corrected chi connectivity index (χ3v) is 5.28. The molecule has 0 bridgehead atoms. The minimum atomic E-state index is -0.202. The number of carbonyl (C=O) groups is 1. The number of ether oxygens (including phenoxy) is 3. The Kier molecular flexibility index (Phi) is 4.94. The number of urea groups is 1. The SMILES string of the molecule is COCc1nc(-c2ccc3c(c2)OC[C@H]3NC(=O)NC2CC(C)(OC)C2)no1. The number of aromatic nitrogens is 2. The molecule has 2 aliphatic rings. The second-order valence-electron chi connectivity index (χ2n) is 7.44. The molecule has 0 radical (unpaired) electrons. The van der Waals surface area contributed by atoms with E-state index in [1.54, 1.807) is 14.2 Å². The molecule has 150 valence electrons. The fourth-order valence-corrected chi connectivity index (χ4v) is 3.66. The van der Waals surface area contributed by atoms with E-state index in [1.807, 2.05) is 25.1 Å². The van der Waals surface area contributed by atoms with E-state index in [4.69, 9.17) is 18.7 Å². The number of methoxy groups -OCH3 is 2. The number of nitrogens with zero attached hydrogens (tertiary/aromatic N) is 2. The Hall–Kier alpha value is -2.65. The lowest BCUT2D eigenvalue weighted by molar-refractivity contribution is -0.0720. The van der Waals surface area contributed by atoms with Gasteiger partial charge in [0.2, 0.25) is 5.82 Å². The molecule has 1 aliphatic carbocycles. The smallest absolute Gasteiger partial charge is 0.315 e. The maximum atomic E-state index is 12.3. The van der Waals surface area contributed by atoms with Crippen molar-refractivity contribution >= 4 is 6.03 Å². The Morgan fingerprint density at radius 3 is 2.89 bits per heavy atom. The zero-order chi connectivity index (χ0) is 19.7. The van der Waals surface area contributed by atoms with Crippen LogP contribution in [0, 0.1) is 0 Å². The van der Waals surface area contributed by atoms with Gasteiger partial charge in [-0.1, -0.05) is 17.3 Å². The van der Waals surface area contributed by atoms with Gasteiger partial charge in [0.25, 0.3) is 5.89 Å². The lowest BCUT2D eigenvalue weighted by Crippen LogP contribution is -2.56. The number of carbonyl (C=O) groups excluding carboxylic acids is 1. The normalized spacial score (nSPS) is 25.5. The van der Waals surface area contributed by atoms with E-state index < -0.39 is 0 Å². The summed E-state index contributed by atoms with van der Waals surface area (Å²) in [4.78, 5) is 16.6. The largest absolute Gasteiger partial charge is 0.491 e. The first-order valence-corrected chi connectivity index (χ1v) is 9.20. The molecule has 9 heteroatoms. The summed E-state index contributed by atoms with van der Waals surface area (Å²) in [6.45, 7) is 2.69. The average Bonchev–Trinajstić information content (AvgIpc) is 3.27. The molecule has 2 N–H and O–H groups in total. The quantitative estimate of drug-likeness (QED) is 0.781. The Morgan fingerprint density at radius 2 is 2.14 bits per heavy atom.